The molecule has 2 heteroatoms. The van der Waals surface area contributed by atoms with E-state index < -0.39 is 0 Å². The van der Waals surface area contributed by atoms with Crippen molar-refractivity contribution in [1.82, 2.24) is 0 Å². The lowest BCUT2D eigenvalue weighted by molar-refractivity contribution is 0.626. The average Bonchev–Trinajstić information content (AvgIpc) is 2.01. The van der Waals surface area contributed by atoms with Crippen LogP contribution in [-0.4, -0.2) is 0 Å². The molecule has 1 aromatic carbocycles. The fourth-order valence-electron chi connectivity index (χ4n) is 0.845. The lowest BCUT2D eigenvalue weighted by Gasteiger charge is -1.94. The Morgan fingerprint density at radius 3 is 2.91 bits per heavy atom. The molecule has 0 aliphatic heterocycles. The van der Waals surface area contributed by atoms with Crippen LogP contribution in [0.5, 0.6) is 0 Å². The van der Waals surface area contributed by atoms with Gasteiger partial charge in [0.05, 0.1) is 0 Å². The van der Waals surface area contributed by atoms with E-state index in [1.807, 2.05) is 12.1 Å². The van der Waals surface area contributed by atoms with Gasteiger partial charge in [-0.1, -0.05) is 34.1 Å². The molecule has 0 radical (unpaired) electrons. The number of halogens is 2. The summed E-state index contributed by atoms with van der Waals surface area (Å²) in [5.74, 6) is -0.175. The first-order valence-corrected chi connectivity index (χ1v) is 4.24. The number of benzene rings is 1. The van der Waals surface area contributed by atoms with Gasteiger partial charge >= 0.3 is 0 Å². The number of hydrogen-bond acceptors (Lipinski definition) is 0. The van der Waals surface area contributed by atoms with Crippen molar-refractivity contribution in [3.8, 4) is 0 Å². The molecule has 0 unspecified atom stereocenters. The van der Waals surface area contributed by atoms with Gasteiger partial charge in [0.2, 0.25) is 0 Å². The lowest BCUT2D eigenvalue weighted by atomic mass is 10.1. The largest absolute Gasteiger partial charge is 0.207 e. The predicted octanol–water partition coefficient (Wildman–Crippen LogP) is 3.28. The van der Waals surface area contributed by atoms with Crippen molar-refractivity contribution in [2.24, 2.45) is 0 Å². The van der Waals surface area contributed by atoms with Gasteiger partial charge in [-0.15, -0.1) is 0 Å². The molecule has 58 valence electrons. The van der Waals surface area contributed by atoms with Gasteiger partial charge in [-0.25, -0.2) is 4.39 Å². The van der Waals surface area contributed by atoms with Crippen molar-refractivity contribution in [1.29, 1.82) is 0 Å². The maximum atomic E-state index is 12.6. The molecular weight excluding hydrogens is 207 g/mol. The van der Waals surface area contributed by atoms with Crippen LogP contribution in [0.4, 0.5) is 4.39 Å². The zero-order valence-corrected chi connectivity index (χ0v) is 7.51. The topological polar surface area (TPSA) is 0 Å². The van der Waals surface area contributed by atoms with Gasteiger partial charge in [-0.2, -0.15) is 0 Å². The van der Waals surface area contributed by atoms with Crippen molar-refractivity contribution in [2.75, 3.05) is 0 Å². The van der Waals surface area contributed by atoms with E-state index in [-0.39, 0.29) is 5.82 Å². The molecule has 0 aromatic heterocycles. The standard InChI is InChI=1S/C9H8BrF/c10-6-2-4-8-3-1-5-9(11)7-8/h1-3,5-7H,4H2. The Balaban J connectivity index is 2.71. The van der Waals surface area contributed by atoms with E-state index in [0.717, 1.165) is 12.0 Å². The van der Waals surface area contributed by atoms with E-state index in [4.69, 9.17) is 0 Å². The van der Waals surface area contributed by atoms with Gasteiger partial charge in [0.1, 0.15) is 5.82 Å². The third-order valence-corrected chi connectivity index (χ3v) is 1.71. The Morgan fingerprint density at radius 2 is 2.27 bits per heavy atom. The van der Waals surface area contributed by atoms with Gasteiger partial charge in [-0.05, 0) is 29.1 Å². The number of hydrogen-bond donors (Lipinski definition) is 0. The fourth-order valence-corrected chi connectivity index (χ4v) is 1.03. The summed E-state index contributed by atoms with van der Waals surface area (Å²) in [6, 6.07) is 6.59. The van der Waals surface area contributed by atoms with E-state index in [1.165, 1.54) is 12.1 Å². The first-order chi connectivity index (χ1) is 5.33. The molecule has 0 amide bonds. The van der Waals surface area contributed by atoms with Gasteiger partial charge in [0, 0.05) is 0 Å². The Labute approximate surface area is 73.9 Å². The van der Waals surface area contributed by atoms with Crippen LogP contribution < -0.4 is 0 Å². The van der Waals surface area contributed by atoms with E-state index in [0.29, 0.717) is 0 Å². The zero-order chi connectivity index (χ0) is 8.10. The molecule has 0 saturated heterocycles. The second-order valence-corrected chi connectivity index (χ2v) is 2.72. The summed E-state index contributed by atoms with van der Waals surface area (Å²) in [5.41, 5.74) is 0.987. The summed E-state index contributed by atoms with van der Waals surface area (Å²) in [6.45, 7) is 0. The van der Waals surface area contributed by atoms with Crippen LogP contribution in [0.1, 0.15) is 5.56 Å². The highest BCUT2D eigenvalue weighted by Gasteiger charge is 1.90. The molecule has 0 fully saturated rings. The quantitative estimate of drug-likeness (QED) is 0.710. The van der Waals surface area contributed by atoms with Gasteiger partial charge in [0.15, 0.2) is 0 Å². The van der Waals surface area contributed by atoms with Crippen molar-refractivity contribution in [2.45, 2.75) is 6.42 Å². The van der Waals surface area contributed by atoms with Gasteiger partial charge < -0.3 is 0 Å². The maximum absolute atomic E-state index is 12.6. The fraction of sp³-hybridized carbons (Fsp3) is 0.111. The smallest absolute Gasteiger partial charge is 0.123 e. The maximum Gasteiger partial charge on any atom is 0.123 e. The Kier molecular flexibility index (Phi) is 3.30. The second kappa shape index (κ2) is 4.29. The lowest BCUT2D eigenvalue weighted by Crippen LogP contribution is -1.81. The van der Waals surface area contributed by atoms with Crippen molar-refractivity contribution >= 4 is 15.9 Å². The van der Waals surface area contributed by atoms with Crippen LogP contribution in [0.25, 0.3) is 0 Å². The molecule has 0 nitrogen and oxygen atoms in total. The minimum absolute atomic E-state index is 0.175. The van der Waals surface area contributed by atoms with Crippen molar-refractivity contribution < 1.29 is 4.39 Å². The van der Waals surface area contributed by atoms with Crippen LogP contribution in [-0.2, 0) is 6.42 Å². The molecule has 11 heavy (non-hydrogen) atoms. The molecule has 0 atom stereocenters. The molecule has 1 aromatic rings. The Morgan fingerprint density at radius 1 is 1.45 bits per heavy atom. The first-order valence-electron chi connectivity index (χ1n) is 3.32. The summed E-state index contributed by atoms with van der Waals surface area (Å²) in [4.78, 5) is 1.78. The van der Waals surface area contributed by atoms with E-state index in [9.17, 15) is 4.39 Å². The third kappa shape index (κ3) is 2.85. The minimum Gasteiger partial charge on any atom is -0.207 e. The minimum atomic E-state index is -0.175. The zero-order valence-electron chi connectivity index (χ0n) is 5.93. The molecule has 0 saturated carbocycles. The summed E-state index contributed by atoms with van der Waals surface area (Å²) in [7, 11) is 0. The highest BCUT2D eigenvalue weighted by molar-refractivity contribution is 9.11. The normalized spacial score (nSPS) is 10.7. The SMILES string of the molecule is Fc1cccc(CC=CBr)c1. The van der Waals surface area contributed by atoms with Crippen LogP contribution >= 0.6 is 15.9 Å². The summed E-state index contributed by atoms with van der Waals surface area (Å²) in [5, 5.41) is 0. The summed E-state index contributed by atoms with van der Waals surface area (Å²) < 4.78 is 12.6. The van der Waals surface area contributed by atoms with Crippen molar-refractivity contribution in [3.05, 3.63) is 46.7 Å². The molecular formula is C9H8BrF. The molecule has 0 bridgehead atoms. The van der Waals surface area contributed by atoms with Crippen LogP contribution in [0.3, 0.4) is 0 Å². The molecule has 0 N–H and O–H groups in total. The average molecular weight is 215 g/mol. The van der Waals surface area contributed by atoms with Crippen LogP contribution in [0.2, 0.25) is 0 Å². The third-order valence-electron chi connectivity index (χ3n) is 1.33. The number of allylic oxidation sites excluding steroid dienone is 1. The predicted molar refractivity (Wildman–Crippen MR) is 48.2 cm³/mol. The molecule has 0 spiro atoms. The van der Waals surface area contributed by atoms with Crippen molar-refractivity contribution in [3.63, 3.8) is 0 Å². The van der Waals surface area contributed by atoms with E-state index in [2.05, 4.69) is 15.9 Å². The molecule has 0 aliphatic rings. The number of rotatable bonds is 2. The summed E-state index contributed by atoms with van der Waals surface area (Å²) >= 11 is 3.15. The summed E-state index contributed by atoms with van der Waals surface area (Å²) in [6.07, 6.45) is 2.69. The highest BCUT2D eigenvalue weighted by Crippen LogP contribution is 2.04. The molecule has 0 heterocycles. The van der Waals surface area contributed by atoms with E-state index >= 15 is 0 Å². The Hall–Kier alpha value is -0.630. The first kappa shape index (κ1) is 8.47. The van der Waals surface area contributed by atoms with Crippen LogP contribution in [0.15, 0.2) is 35.3 Å². The Bertz CT molecular complexity index is 255. The highest BCUT2D eigenvalue weighted by atomic mass is 79.9. The van der Waals surface area contributed by atoms with Gasteiger partial charge in [0.25, 0.3) is 0 Å². The second-order valence-electron chi connectivity index (χ2n) is 2.20. The van der Waals surface area contributed by atoms with Gasteiger partial charge in [-0.3, -0.25) is 0 Å². The molecule has 1 rings (SSSR count). The monoisotopic (exact) mass is 214 g/mol. The van der Waals surface area contributed by atoms with E-state index in [1.54, 1.807) is 11.1 Å². The van der Waals surface area contributed by atoms with Crippen LogP contribution in [0, 0.1) is 5.82 Å². The molecule has 0 aliphatic carbocycles.